The molecule has 5 rings (SSSR count). The lowest BCUT2D eigenvalue weighted by molar-refractivity contribution is -0.113. The SMILES string of the molecule is CCCSc1nc2n(n1)C(c1ccc(OCc3ccccc3F)c(OCC)c1)C(C(=O)Nc1ccccc1)=C(C)N2. The molecule has 0 fully saturated rings. The molecule has 2 N–H and O–H groups in total. The Balaban J connectivity index is 1.53. The first-order valence-corrected chi connectivity index (χ1v) is 14.5. The third kappa shape index (κ3) is 6.38. The van der Waals surface area contributed by atoms with Gasteiger partial charge in [0.15, 0.2) is 11.5 Å². The molecule has 212 valence electrons. The number of thioether (sulfide) groups is 1. The lowest BCUT2D eigenvalue weighted by atomic mass is 9.94. The molecule has 0 bridgehead atoms. The van der Waals surface area contributed by atoms with E-state index < -0.39 is 6.04 Å². The average Bonchev–Trinajstić information content (AvgIpc) is 3.38. The standard InChI is InChI=1S/C31H32FN5O3S/c1-4-17-41-31-35-30-33-20(3)27(29(38)34-23-12-7-6-8-13-23)28(37(30)36-31)21-15-16-25(26(18-21)39-5-2)40-19-22-11-9-10-14-24(22)32/h6-16,18,28H,4-5,17,19H2,1-3H3,(H,34,38)(H,33,35,36). The first-order chi connectivity index (χ1) is 20.0. The minimum atomic E-state index is -0.585. The van der Waals surface area contributed by atoms with Gasteiger partial charge in [-0.1, -0.05) is 61.2 Å². The van der Waals surface area contributed by atoms with Crippen LogP contribution in [0.4, 0.5) is 16.0 Å². The van der Waals surface area contributed by atoms with Crippen molar-refractivity contribution < 1.29 is 18.7 Å². The topological polar surface area (TPSA) is 90.3 Å². The van der Waals surface area contributed by atoms with Crippen LogP contribution < -0.4 is 20.1 Å². The zero-order valence-corrected chi connectivity index (χ0v) is 24.0. The molecular formula is C31H32FN5O3S. The Hall–Kier alpha value is -4.31. The Labute approximate surface area is 243 Å². The van der Waals surface area contributed by atoms with Crippen molar-refractivity contribution in [1.29, 1.82) is 0 Å². The maximum Gasteiger partial charge on any atom is 0.255 e. The van der Waals surface area contributed by atoms with Crippen LogP contribution in [0.15, 0.2) is 89.2 Å². The minimum Gasteiger partial charge on any atom is -0.490 e. The number of halogens is 1. The van der Waals surface area contributed by atoms with E-state index in [9.17, 15) is 9.18 Å². The zero-order valence-electron chi connectivity index (χ0n) is 23.2. The summed E-state index contributed by atoms with van der Waals surface area (Å²) in [5, 5.41) is 11.7. The number of carbonyl (C=O) groups is 1. The van der Waals surface area contributed by atoms with Crippen molar-refractivity contribution >= 4 is 29.3 Å². The number of nitrogens with zero attached hydrogens (tertiary/aromatic N) is 3. The highest BCUT2D eigenvalue weighted by molar-refractivity contribution is 7.99. The van der Waals surface area contributed by atoms with E-state index in [4.69, 9.17) is 14.6 Å². The normalized spacial score (nSPS) is 14.3. The number of allylic oxidation sites excluding steroid dienone is 1. The molecule has 10 heteroatoms. The lowest BCUT2D eigenvalue weighted by Crippen LogP contribution is -2.31. The van der Waals surface area contributed by atoms with E-state index in [1.807, 2.05) is 56.3 Å². The fourth-order valence-electron chi connectivity index (χ4n) is 4.56. The number of hydrogen-bond donors (Lipinski definition) is 2. The summed E-state index contributed by atoms with van der Waals surface area (Å²) in [5.41, 5.74) is 3.07. The molecule has 1 amide bonds. The fraction of sp³-hybridized carbons (Fsp3) is 0.258. The number of aromatic nitrogens is 3. The molecule has 0 spiro atoms. The number of amides is 1. The van der Waals surface area contributed by atoms with Gasteiger partial charge in [0, 0.05) is 22.7 Å². The van der Waals surface area contributed by atoms with Gasteiger partial charge in [-0.3, -0.25) is 4.79 Å². The van der Waals surface area contributed by atoms with Gasteiger partial charge in [0.25, 0.3) is 5.91 Å². The van der Waals surface area contributed by atoms with E-state index in [1.165, 1.54) is 6.07 Å². The molecule has 8 nitrogen and oxygen atoms in total. The molecule has 2 heterocycles. The minimum absolute atomic E-state index is 0.0500. The van der Waals surface area contributed by atoms with Crippen molar-refractivity contribution in [3.05, 3.63) is 101 Å². The van der Waals surface area contributed by atoms with E-state index >= 15 is 0 Å². The van der Waals surface area contributed by atoms with Gasteiger partial charge < -0.3 is 20.1 Å². The molecule has 0 saturated carbocycles. The van der Waals surface area contributed by atoms with Crippen molar-refractivity contribution in [3.63, 3.8) is 0 Å². The van der Waals surface area contributed by atoms with Crippen molar-refractivity contribution in [3.8, 4) is 11.5 Å². The molecule has 1 aliphatic rings. The fourth-order valence-corrected chi connectivity index (χ4v) is 5.24. The van der Waals surface area contributed by atoms with Gasteiger partial charge in [0.1, 0.15) is 18.5 Å². The first kappa shape index (κ1) is 28.2. The molecule has 0 saturated heterocycles. The number of para-hydroxylation sites is 1. The van der Waals surface area contributed by atoms with Gasteiger partial charge in [-0.25, -0.2) is 9.07 Å². The second kappa shape index (κ2) is 12.9. The Morgan fingerprint density at radius 1 is 1.05 bits per heavy atom. The Bertz CT molecular complexity index is 1560. The summed E-state index contributed by atoms with van der Waals surface area (Å²) in [6.45, 7) is 6.29. The molecule has 4 aromatic rings. The highest BCUT2D eigenvalue weighted by Gasteiger charge is 2.35. The maximum atomic E-state index is 14.2. The molecular weight excluding hydrogens is 541 g/mol. The molecule has 1 aromatic heterocycles. The third-order valence-electron chi connectivity index (χ3n) is 6.47. The zero-order chi connectivity index (χ0) is 28.8. The van der Waals surface area contributed by atoms with Gasteiger partial charge in [-0.2, -0.15) is 4.98 Å². The molecule has 0 radical (unpaired) electrons. The van der Waals surface area contributed by atoms with Crippen molar-refractivity contribution in [1.82, 2.24) is 14.8 Å². The van der Waals surface area contributed by atoms with E-state index in [0.29, 0.717) is 51.7 Å². The highest BCUT2D eigenvalue weighted by atomic mass is 32.2. The number of carbonyl (C=O) groups excluding carboxylic acids is 1. The van der Waals surface area contributed by atoms with E-state index in [2.05, 4.69) is 22.5 Å². The second-order valence-corrected chi connectivity index (χ2v) is 10.5. The number of nitrogens with one attached hydrogen (secondary N) is 2. The van der Waals surface area contributed by atoms with Crippen molar-refractivity contribution in [2.45, 2.75) is 45.0 Å². The summed E-state index contributed by atoms with van der Waals surface area (Å²) >= 11 is 1.57. The number of benzene rings is 3. The Kier molecular flexibility index (Phi) is 8.88. The molecule has 0 aliphatic carbocycles. The maximum absolute atomic E-state index is 14.2. The Morgan fingerprint density at radius 3 is 2.59 bits per heavy atom. The van der Waals surface area contributed by atoms with Gasteiger partial charge in [-0.15, -0.1) is 5.10 Å². The van der Waals surface area contributed by atoms with E-state index in [1.54, 1.807) is 40.7 Å². The average molecular weight is 574 g/mol. The number of fused-ring (bicyclic) bond motifs is 1. The van der Waals surface area contributed by atoms with Crippen LogP contribution in [0, 0.1) is 5.82 Å². The quantitative estimate of drug-likeness (QED) is 0.190. The van der Waals surface area contributed by atoms with Gasteiger partial charge in [0.05, 0.1) is 12.2 Å². The largest absolute Gasteiger partial charge is 0.490 e. The highest BCUT2D eigenvalue weighted by Crippen LogP contribution is 2.40. The summed E-state index contributed by atoms with van der Waals surface area (Å²) in [5.74, 6) is 1.81. The molecule has 1 aliphatic heterocycles. The van der Waals surface area contributed by atoms with Crippen LogP contribution in [0.3, 0.4) is 0 Å². The molecule has 1 atom stereocenters. The third-order valence-corrected chi connectivity index (χ3v) is 7.51. The van der Waals surface area contributed by atoms with Crippen molar-refractivity contribution in [2.75, 3.05) is 23.0 Å². The van der Waals surface area contributed by atoms with Crippen LogP contribution in [0.5, 0.6) is 11.5 Å². The number of anilines is 2. The van der Waals surface area contributed by atoms with E-state index in [-0.39, 0.29) is 18.3 Å². The predicted octanol–water partition coefficient (Wildman–Crippen LogP) is 6.82. The van der Waals surface area contributed by atoms with Crippen LogP contribution in [-0.2, 0) is 11.4 Å². The summed E-state index contributed by atoms with van der Waals surface area (Å²) in [6, 6.07) is 20.7. The van der Waals surface area contributed by atoms with Gasteiger partial charge in [0.2, 0.25) is 11.1 Å². The smallest absolute Gasteiger partial charge is 0.255 e. The van der Waals surface area contributed by atoms with Crippen LogP contribution in [0.1, 0.15) is 44.4 Å². The van der Waals surface area contributed by atoms with Gasteiger partial charge in [-0.05, 0) is 56.2 Å². The molecule has 1 unspecified atom stereocenters. The first-order valence-electron chi connectivity index (χ1n) is 13.5. The summed E-state index contributed by atoms with van der Waals surface area (Å²) in [4.78, 5) is 18.4. The molecule has 3 aromatic carbocycles. The summed E-state index contributed by atoms with van der Waals surface area (Å²) in [6.07, 6.45) is 0.986. The monoisotopic (exact) mass is 573 g/mol. The van der Waals surface area contributed by atoms with Gasteiger partial charge >= 0.3 is 0 Å². The second-order valence-electron chi connectivity index (χ2n) is 9.42. The lowest BCUT2D eigenvalue weighted by Gasteiger charge is -2.29. The Morgan fingerprint density at radius 2 is 1.83 bits per heavy atom. The number of hydrogen-bond acceptors (Lipinski definition) is 7. The number of ether oxygens (including phenoxy) is 2. The van der Waals surface area contributed by atoms with Crippen LogP contribution in [0.25, 0.3) is 0 Å². The predicted molar refractivity (Wildman–Crippen MR) is 159 cm³/mol. The summed E-state index contributed by atoms with van der Waals surface area (Å²) in [7, 11) is 0. The molecule has 41 heavy (non-hydrogen) atoms. The van der Waals surface area contributed by atoms with Crippen LogP contribution in [0.2, 0.25) is 0 Å². The van der Waals surface area contributed by atoms with Crippen LogP contribution >= 0.6 is 11.8 Å². The van der Waals surface area contributed by atoms with E-state index in [0.717, 1.165) is 17.7 Å². The summed E-state index contributed by atoms with van der Waals surface area (Å²) < 4.78 is 27.9. The van der Waals surface area contributed by atoms with Crippen LogP contribution in [-0.4, -0.2) is 33.0 Å². The number of rotatable bonds is 11. The van der Waals surface area contributed by atoms with Crippen molar-refractivity contribution in [2.24, 2.45) is 0 Å².